The molecule has 22 heavy (non-hydrogen) atoms. The van der Waals surface area contributed by atoms with Crippen LogP contribution in [0.4, 0.5) is 13.2 Å². The van der Waals surface area contributed by atoms with E-state index in [-0.39, 0.29) is 12.2 Å². The van der Waals surface area contributed by atoms with Crippen LogP contribution in [-0.2, 0) is 9.84 Å². The molecular formula is C14H33F3O4S. The van der Waals surface area contributed by atoms with Crippen molar-refractivity contribution in [3.8, 4) is 0 Å². The highest BCUT2D eigenvalue weighted by atomic mass is 32.2. The smallest absolute Gasteiger partial charge is 0.389 e. The lowest BCUT2D eigenvalue weighted by Gasteiger charge is -2.23. The average molecular weight is 354 g/mol. The molecule has 0 radical (unpaired) electrons. The molecule has 140 valence electrons. The van der Waals surface area contributed by atoms with E-state index in [0.29, 0.717) is 0 Å². The molecule has 0 aliphatic carbocycles. The second-order valence-corrected chi connectivity index (χ2v) is 7.15. The zero-order chi connectivity index (χ0) is 19.4. The van der Waals surface area contributed by atoms with Crippen LogP contribution in [0.5, 0.6) is 0 Å². The molecule has 8 heteroatoms. The summed E-state index contributed by atoms with van der Waals surface area (Å²) in [6.07, 6.45) is -3.71. The molecule has 2 N–H and O–H groups in total. The standard InChI is InChI=1S/C5H9F3O.C5H12O3S.2C2H6/c1-3-4(2,9)5(6,7)8;1-5(2,6)4-9(3,7)8;2*1-2/h9H,3H2,1-2H3;6H,4H2,1-3H3;2*1-2H3. The van der Waals surface area contributed by atoms with Gasteiger partial charge in [-0.1, -0.05) is 34.6 Å². The van der Waals surface area contributed by atoms with E-state index in [4.69, 9.17) is 10.2 Å². The van der Waals surface area contributed by atoms with Crippen LogP contribution in [0.3, 0.4) is 0 Å². The van der Waals surface area contributed by atoms with Crippen molar-refractivity contribution in [2.75, 3.05) is 12.0 Å². The van der Waals surface area contributed by atoms with E-state index in [1.54, 1.807) is 0 Å². The van der Waals surface area contributed by atoms with Gasteiger partial charge in [-0.2, -0.15) is 13.2 Å². The van der Waals surface area contributed by atoms with Gasteiger partial charge in [-0.15, -0.1) is 0 Å². The minimum absolute atomic E-state index is 0.181. The summed E-state index contributed by atoms with van der Waals surface area (Å²) < 4.78 is 55.7. The number of sulfone groups is 1. The van der Waals surface area contributed by atoms with Crippen LogP contribution in [-0.4, -0.2) is 48.0 Å². The molecule has 0 heterocycles. The lowest BCUT2D eigenvalue weighted by molar-refractivity contribution is -0.253. The Bertz CT molecular complexity index is 342. The highest BCUT2D eigenvalue weighted by Gasteiger charge is 2.48. The molecule has 0 spiro atoms. The Morgan fingerprint density at radius 3 is 1.18 bits per heavy atom. The lowest BCUT2D eigenvalue weighted by Crippen LogP contribution is -2.41. The summed E-state index contributed by atoms with van der Waals surface area (Å²) in [5.74, 6) is -0.181. The molecule has 1 unspecified atom stereocenters. The maximum absolute atomic E-state index is 11.6. The van der Waals surface area contributed by atoms with Crippen molar-refractivity contribution in [2.24, 2.45) is 0 Å². The number of rotatable bonds is 3. The third-order valence-corrected chi connectivity index (χ3v) is 3.15. The van der Waals surface area contributed by atoms with Crippen molar-refractivity contribution in [1.29, 1.82) is 0 Å². The molecule has 0 amide bonds. The van der Waals surface area contributed by atoms with Crippen molar-refractivity contribution < 1.29 is 31.8 Å². The Morgan fingerprint density at radius 1 is 0.909 bits per heavy atom. The van der Waals surface area contributed by atoms with Crippen LogP contribution in [0.15, 0.2) is 0 Å². The summed E-state index contributed by atoms with van der Waals surface area (Å²) >= 11 is 0. The zero-order valence-electron chi connectivity index (χ0n) is 15.2. The fourth-order valence-corrected chi connectivity index (χ4v) is 2.13. The minimum Gasteiger partial charge on any atom is -0.389 e. The summed E-state index contributed by atoms with van der Waals surface area (Å²) in [5.41, 5.74) is -3.62. The molecule has 4 nitrogen and oxygen atoms in total. The molecule has 0 aromatic heterocycles. The summed E-state index contributed by atoms with van der Waals surface area (Å²) in [6.45, 7) is 13.0. The second kappa shape index (κ2) is 12.1. The van der Waals surface area contributed by atoms with Crippen LogP contribution in [0.25, 0.3) is 0 Å². The number of halogens is 3. The third-order valence-electron chi connectivity index (χ3n) is 1.91. The molecule has 0 aliphatic heterocycles. The summed E-state index contributed by atoms with van der Waals surface area (Å²) in [5, 5.41) is 17.5. The minimum atomic E-state index is -4.50. The molecule has 0 fully saturated rings. The SMILES string of the molecule is CC.CC.CC(C)(O)CS(C)(=O)=O.CCC(C)(O)C(F)(F)F. The van der Waals surface area contributed by atoms with E-state index in [1.807, 2.05) is 27.7 Å². The highest BCUT2D eigenvalue weighted by Crippen LogP contribution is 2.31. The van der Waals surface area contributed by atoms with Crippen molar-refractivity contribution in [2.45, 2.75) is 79.2 Å². The maximum Gasteiger partial charge on any atom is 0.416 e. The number of hydrogen-bond acceptors (Lipinski definition) is 4. The second-order valence-electron chi connectivity index (χ2n) is 5.01. The molecule has 0 saturated carbocycles. The number of aliphatic hydroxyl groups is 2. The van der Waals surface area contributed by atoms with Crippen molar-refractivity contribution in [3.63, 3.8) is 0 Å². The predicted octanol–water partition coefficient (Wildman–Crippen LogP) is 3.56. The summed E-state index contributed by atoms with van der Waals surface area (Å²) in [7, 11) is -3.03. The van der Waals surface area contributed by atoms with Crippen LogP contribution in [0, 0.1) is 0 Å². The van der Waals surface area contributed by atoms with Gasteiger partial charge in [0.25, 0.3) is 0 Å². The fraction of sp³-hybridized carbons (Fsp3) is 1.00. The Hall–Kier alpha value is -0.340. The van der Waals surface area contributed by atoms with E-state index < -0.39 is 27.2 Å². The van der Waals surface area contributed by atoms with E-state index >= 15 is 0 Å². The maximum atomic E-state index is 11.6. The summed E-state index contributed by atoms with van der Waals surface area (Å²) in [6, 6.07) is 0. The summed E-state index contributed by atoms with van der Waals surface area (Å²) in [4.78, 5) is 0. The Labute approximate surface area is 133 Å². The first kappa shape index (κ1) is 29.6. The Kier molecular flexibility index (Phi) is 16.3. The van der Waals surface area contributed by atoms with Gasteiger partial charge in [0.05, 0.1) is 11.4 Å². The third kappa shape index (κ3) is 21.9. The van der Waals surface area contributed by atoms with Gasteiger partial charge in [-0.05, 0) is 27.2 Å². The number of hydrogen-bond donors (Lipinski definition) is 2. The van der Waals surface area contributed by atoms with Gasteiger partial charge in [0.1, 0.15) is 9.84 Å². The van der Waals surface area contributed by atoms with Crippen molar-refractivity contribution >= 4 is 9.84 Å². The Balaban J connectivity index is -0.000000120. The average Bonchev–Trinajstić information content (AvgIpc) is 2.29. The van der Waals surface area contributed by atoms with Crippen LogP contribution >= 0.6 is 0 Å². The van der Waals surface area contributed by atoms with Crippen molar-refractivity contribution in [3.05, 3.63) is 0 Å². The van der Waals surface area contributed by atoms with E-state index in [0.717, 1.165) is 13.2 Å². The van der Waals surface area contributed by atoms with E-state index in [1.165, 1.54) is 20.8 Å². The highest BCUT2D eigenvalue weighted by molar-refractivity contribution is 7.90. The van der Waals surface area contributed by atoms with Gasteiger partial charge in [-0.3, -0.25) is 0 Å². The molecular weight excluding hydrogens is 321 g/mol. The quantitative estimate of drug-likeness (QED) is 0.812. The molecule has 0 rings (SSSR count). The van der Waals surface area contributed by atoms with Crippen LogP contribution < -0.4 is 0 Å². The monoisotopic (exact) mass is 354 g/mol. The number of alkyl halides is 3. The first-order valence-corrected chi connectivity index (χ1v) is 9.27. The zero-order valence-corrected chi connectivity index (χ0v) is 16.0. The Morgan fingerprint density at radius 2 is 1.18 bits per heavy atom. The normalized spacial score (nSPS) is 14.1. The van der Waals surface area contributed by atoms with Gasteiger partial charge in [0, 0.05) is 6.26 Å². The largest absolute Gasteiger partial charge is 0.416 e. The van der Waals surface area contributed by atoms with Gasteiger partial charge in [0.15, 0.2) is 5.60 Å². The lowest BCUT2D eigenvalue weighted by atomic mass is 10.0. The molecule has 0 aromatic rings. The first-order chi connectivity index (χ1) is 9.52. The first-order valence-electron chi connectivity index (χ1n) is 7.21. The van der Waals surface area contributed by atoms with Gasteiger partial charge in [-0.25, -0.2) is 8.42 Å². The van der Waals surface area contributed by atoms with Crippen LogP contribution in [0.2, 0.25) is 0 Å². The molecule has 0 saturated heterocycles. The topological polar surface area (TPSA) is 74.6 Å². The fourth-order valence-electron chi connectivity index (χ4n) is 0.842. The molecule has 0 bridgehead atoms. The van der Waals surface area contributed by atoms with E-state index in [9.17, 15) is 21.6 Å². The predicted molar refractivity (Wildman–Crippen MR) is 85.7 cm³/mol. The van der Waals surface area contributed by atoms with E-state index in [2.05, 4.69) is 0 Å². The van der Waals surface area contributed by atoms with Crippen LogP contribution in [0.1, 0.15) is 61.8 Å². The van der Waals surface area contributed by atoms with Gasteiger partial charge in [0.2, 0.25) is 0 Å². The van der Waals surface area contributed by atoms with Gasteiger partial charge >= 0.3 is 6.18 Å². The molecule has 0 aliphatic rings. The molecule has 1 atom stereocenters. The van der Waals surface area contributed by atoms with Gasteiger partial charge < -0.3 is 10.2 Å². The molecule has 0 aromatic carbocycles. The van der Waals surface area contributed by atoms with Crippen molar-refractivity contribution in [1.82, 2.24) is 0 Å².